The van der Waals surface area contributed by atoms with Crippen LogP contribution >= 0.6 is 11.6 Å². The lowest BCUT2D eigenvalue weighted by atomic mass is 9.95. The van der Waals surface area contributed by atoms with Crippen molar-refractivity contribution in [3.8, 4) is 0 Å². The lowest BCUT2D eigenvalue weighted by Crippen LogP contribution is -2.15. The maximum absolute atomic E-state index is 9.62. The SMILES string of the molecule is CCc1nn(C)c(CC(CO)Cc2ccccc2)c1Cl. The summed E-state index contributed by atoms with van der Waals surface area (Å²) in [5.74, 6) is 0.162. The zero-order valence-electron chi connectivity index (χ0n) is 12.0. The summed E-state index contributed by atoms with van der Waals surface area (Å²) >= 11 is 6.37. The van der Waals surface area contributed by atoms with E-state index in [4.69, 9.17) is 11.6 Å². The first-order chi connectivity index (χ1) is 9.65. The Morgan fingerprint density at radius 3 is 2.50 bits per heavy atom. The first-order valence-corrected chi connectivity index (χ1v) is 7.38. The van der Waals surface area contributed by atoms with Crippen molar-refractivity contribution in [2.24, 2.45) is 13.0 Å². The van der Waals surface area contributed by atoms with Gasteiger partial charge in [0.2, 0.25) is 0 Å². The molecule has 3 nitrogen and oxygen atoms in total. The summed E-state index contributed by atoms with van der Waals surface area (Å²) < 4.78 is 1.84. The first-order valence-electron chi connectivity index (χ1n) is 7.00. The van der Waals surface area contributed by atoms with E-state index < -0.39 is 0 Å². The van der Waals surface area contributed by atoms with Crippen molar-refractivity contribution < 1.29 is 5.11 Å². The molecule has 0 saturated heterocycles. The number of hydrogen-bond acceptors (Lipinski definition) is 2. The van der Waals surface area contributed by atoms with Gasteiger partial charge in [-0.1, -0.05) is 48.9 Å². The molecule has 20 heavy (non-hydrogen) atoms. The van der Waals surface area contributed by atoms with Gasteiger partial charge in [-0.3, -0.25) is 4.68 Å². The molecule has 1 aromatic carbocycles. The fraction of sp³-hybridized carbons (Fsp3) is 0.438. The van der Waals surface area contributed by atoms with Crippen LogP contribution in [0.15, 0.2) is 30.3 Å². The Labute approximate surface area is 125 Å². The van der Waals surface area contributed by atoms with Crippen molar-refractivity contribution in [2.45, 2.75) is 26.2 Å². The Hall–Kier alpha value is -1.32. The van der Waals surface area contributed by atoms with E-state index >= 15 is 0 Å². The zero-order valence-corrected chi connectivity index (χ0v) is 12.8. The van der Waals surface area contributed by atoms with Crippen LogP contribution in [0.5, 0.6) is 0 Å². The third-order valence-electron chi connectivity index (χ3n) is 3.61. The van der Waals surface area contributed by atoms with Gasteiger partial charge in [-0.25, -0.2) is 0 Å². The molecule has 4 heteroatoms. The lowest BCUT2D eigenvalue weighted by molar-refractivity contribution is 0.223. The number of aliphatic hydroxyl groups is 1. The van der Waals surface area contributed by atoms with Gasteiger partial charge in [0, 0.05) is 13.7 Å². The van der Waals surface area contributed by atoms with Crippen LogP contribution in [0.4, 0.5) is 0 Å². The summed E-state index contributed by atoms with van der Waals surface area (Å²) in [6.07, 6.45) is 2.42. The minimum atomic E-state index is 0.151. The van der Waals surface area contributed by atoms with E-state index in [2.05, 4.69) is 17.2 Å². The van der Waals surface area contributed by atoms with Crippen molar-refractivity contribution in [3.05, 3.63) is 52.3 Å². The number of aromatic nitrogens is 2. The molecular weight excluding hydrogens is 272 g/mol. The maximum Gasteiger partial charge on any atom is 0.0849 e. The lowest BCUT2D eigenvalue weighted by Gasteiger charge is -2.14. The monoisotopic (exact) mass is 292 g/mol. The first kappa shape index (κ1) is 15.1. The molecule has 0 amide bonds. The predicted molar refractivity (Wildman–Crippen MR) is 82.0 cm³/mol. The summed E-state index contributed by atoms with van der Waals surface area (Å²) in [5, 5.41) is 14.8. The molecule has 0 radical (unpaired) electrons. The van der Waals surface area contributed by atoms with Gasteiger partial charge in [0.15, 0.2) is 0 Å². The number of rotatable bonds is 6. The normalized spacial score (nSPS) is 12.6. The van der Waals surface area contributed by atoms with Crippen LogP contribution < -0.4 is 0 Å². The summed E-state index contributed by atoms with van der Waals surface area (Å²) in [5.41, 5.74) is 3.18. The van der Waals surface area contributed by atoms with Crippen LogP contribution in [0.1, 0.15) is 23.9 Å². The van der Waals surface area contributed by atoms with Crippen LogP contribution in [0.3, 0.4) is 0 Å². The molecular formula is C16H21ClN2O. The van der Waals surface area contributed by atoms with Crippen molar-refractivity contribution in [1.29, 1.82) is 0 Å². The highest BCUT2D eigenvalue weighted by atomic mass is 35.5. The van der Waals surface area contributed by atoms with E-state index in [1.807, 2.05) is 36.9 Å². The molecule has 1 unspecified atom stereocenters. The average Bonchev–Trinajstić information content (AvgIpc) is 2.74. The minimum Gasteiger partial charge on any atom is -0.396 e. The quantitative estimate of drug-likeness (QED) is 0.889. The largest absolute Gasteiger partial charge is 0.396 e. The number of halogens is 1. The van der Waals surface area contributed by atoms with Crippen molar-refractivity contribution in [3.63, 3.8) is 0 Å². The Morgan fingerprint density at radius 2 is 1.95 bits per heavy atom. The molecule has 0 aliphatic heterocycles. The van der Waals surface area contributed by atoms with Crippen molar-refractivity contribution in [1.82, 2.24) is 9.78 Å². The standard InChI is InChI=1S/C16H21ClN2O/c1-3-14-16(17)15(19(2)18-14)10-13(11-20)9-12-7-5-4-6-8-12/h4-8,13,20H,3,9-11H2,1-2H3. The zero-order chi connectivity index (χ0) is 14.5. The summed E-state index contributed by atoms with van der Waals surface area (Å²) in [7, 11) is 1.91. The van der Waals surface area contributed by atoms with E-state index in [1.54, 1.807) is 0 Å². The topological polar surface area (TPSA) is 38.0 Å². The molecule has 0 aliphatic rings. The predicted octanol–water partition coefficient (Wildman–Crippen LogP) is 3.03. The fourth-order valence-electron chi connectivity index (χ4n) is 2.46. The Morgan fingerprint density at radius 1 is 1.25 bits per heavy atom. The van der Waals surface area contributed by atoms with Crippen molar-refractivity contribution in [2.75, 3.05) is 6.61 Å². The van der Waals surface area contributed by atoms with Crippen LogP contribution in [0.2, 0.25) is 5.02 Å². The molecule has 1 heterocycles. The molecule has 1 aromatic heterocycles. The number of aryl methyl sites for hydroxylation is 2. The van der Waals surface area contributed by atoms with Crippen LogP contribution in [0, 0.1) is 5.92 Å². The molecule has 0 bridgehead atoms. The highest BCUT2D eigenvalue weighted by Crippen LogP contribution is 2.24. The second-order valence-electron chi connectivity index (χ2n) is 5.13. The van der Waals surface area contributed by atoms with Gasteiger partial charge < -0.3 is 5.11 Å². The second kappa shape index (κ2) is 6.91. The van der Waals surface area contributed by atoms with E-state index in [1.165, 1.54) is 5.56 Å². The average molecular weight is 293 g/mol. The molecule has 1 atom stereocenters. The van der Waals surface area contributed by atoms with Gasteiger partial charge in [0.25, 0.3) is 0 Å². The van der Waals surface area contributed by atoms with E-state index in [0.29, 0.717) is 0 Å². The Kier molecular flexibility index (Phi) is 5.21. The number of benzene rings is 1. The second-order valence-corrected chi connectivity index (χ2v) is 5.50. The molecule has 108 valence electrons. The van der Waals surface area contributed by atoms with Gasteiger partial charge in [-0.15, -0.1) is 0 Å². The number of aliphatic hydroxyl groups excluding tert-OH is 1. The Bertz CT molecular complexity index is 551. The summed E-state index contributed by atoms with van der Waals surface area (Å²) in [6.45, 7) is 2.20. The summed E-state index contributed by atoms with van der Waals surface area (Å²) in [6, 6.07) is 10.2. The van der Waals surface area contributed by atoms with Gasteiger partial charge in [0.1, 0.15) is 0 Å². The molecule has 0 aliphatic carbocycles. The molecule has 1 N–H and O–H groups in total. The van der Waals surface area contributed by atoms with E-state index in [0.717, 1.165) is 35.7 Å². The van der Waals surface area contributed by atoms with Crippen LogP contribution in [-0.4, -0.2) is 21.5 Å². The third kappa shape index (κ3) is 3.41. The third-order valence-corrected chi connectivity index (χ3v) is 4.05. The molecule has 0 fully saturated rings. The minimum absolute atomic E-state index is 0.151. The molecule has 2 aromatic rings. The number of nitrogens with zero attached hydrogens (tertiary/aromatic N) is 2. The maximum atomic E-state index is 9.62. The van der Waals surface area contributed by atoms with Crippen molar-refractivity contribution >= 4 is 11.6 Å². The fourth-order valence-corrected chi connectivity index (χ4v) is 2.83. The van der Waals surface area contributed by atoms with E-state index in [9.17, 15) is 5.11 Å². The molecule has 0 spiro atoms. The van der Waals surface area contributed by atoms with Gasteiger partial charge in [-0.05, 0) is 30.7 Å². The highest BCUT2D eigenvalue weighted by molar-refractivity contribution is 6.31. The van der Waals surface area contributed by atoms with Crippen LogP contribution in [-0.2, 0) is 26.3 Å². The van der Waals surface area contributed by atoms with Gasteiger partial charge in [-0.2, -0.15) is 5.10 Å². The van der Waals surface area contributed by atoms with Crippen LogP contribution in [0.25, 0.3) is 0 Å². The van der Waals surface area contributed by atoms with E-state index in [-0.39, 0.29) is 12.5 Å². The van der Waals surface area contributed by atoms with Gasteiger partial charge >= 0.3 is 0 Å². The molecule has 0 saturated carbocycles. The highest BCUT2D eigenvalue weighted by Gasteiger charge is 2.18. The molecule has 2 rings (SSSR count). The smallest absolute Gasteiger partial charge is 0.0849 e. The Balaban J connectivity index is 2.12. The summed E-state index contributed by atoms with van der Waals surface area (Å²) in [4.78, 5) is 0. The number of hydrogen-bond donors (Lipinski definition) is 1. The van der Waals surface area contributed by atoms with Gasteiger partial charge in [0.05, 0.1) is 16.4 Å².